The number of para-hydroxylation sites is 1. The van der Waals surface area contributed by atoms with Gasteiger partial charge < -0.3 is 19.5 Å². The summed E-state index contributed by atoms with van der Waals surface area (Å²) >= 11 is 0. The first kappa shape index (κ1) is 18.7. The van der Waals surface area contributed by atoms with Gasteiger partial charge in [-0.2, -0.15) is 5.10 Å². The molecule has 2 atom stereocenters. The number of aromatic hydroxyl groups is 1. The van der Waals surface area contributed by atoms with Crippen molar-refractivity contribution in [1.82, 2.24) is 15.1 Å². The highest BCUT2D eigenvalue weighted by Crippen LogP contribution is 2.44. The first-order chi connectivity index (χ1) is 14.7. The van der Waals surface area contributed by atoms with Crippen molar-refractivity contribution in [3.05, 3.63) is 65.4 Å². The molecule has 0 radical (unpaired) electrons. The number of hydrogen-bond acceptors (Lipinski definition) is 5. The number of rotatable bonds is 5. The van der Waals surface area contributed by atoms with E-state index in [0.717, 1.165) is 36.3 Å². The lowest BCUT2D eigenvalue weighted by molar-refractivity contribution is 0.0495. The van der Waals surface area contributed by atoms with Crippen LogP contribution in [0.2, 0.25) is 0 Å². The van der Waals surface area contributed by atoms with Crippen molar-refractivity contribution in [2.24, 2.45) is 0 Å². The number of ether oxygens (including phenoxy) is 2. The molecule has 0 saturated carbocycles. The maximum atomic E-state index is 13.3. The van der Waals surface area contributed by atoms with Gasteiger partial charge in [-0.25, -0.2) is 0 Å². The third-order valence-corrected chi connectivity index (χ3v) is 5.88. The second-order valence-corrected chi connectivity index (χ2v) is 7.65. The summed E-state index contributed by atoms with van der Waals surface area (Å²) < 4.78 is 11.1. The Bertz CT molecular complexity index is 1070. The van der Waals surface area contributed by atoms with Gasteiger partial charge in [0, 0.05) is 24.3 Å². The van der Waals surface area contributed by atoms with Crippen LogP contribution in [0.4, 0.5) is 0 Å². The molecule has 1 aromatic heterocycles. The number of nitrogens with zero attached hydrogens (tertiary/aromatic N) is 2. The highest BCUT2D eigenvalue weighted by Gasteiger charge is 2.43. The molecule has 1 amide bonds. The number of fused-ring (bicyclic) bond motifs is 1. The zero-order chi connectivity index (χ0) is 20.7. The minimum Gasteiger partial charge on any atom is -0.507 e. The van der Waals surface area contributed by atoms with Crippen molar-refractivity contribution in [1.29, 1.82) is 0 Å². The van der Waals surface area contributed by atoms with E-state index in [0.29, 0.717) is 23.5 Å². The summed E-state index contributed by atoms with van der Waals surface area (Å²) in [4.78, 5) is 15.2. The average Bonchev–Trinajstić information content (AvgIpc) is 3.49. The number of carbonyl (C=O) groups is 1. The van der Waals surface area contributed by atoms with E-state index in [4.69, 9.17) is 9.47 Å². The number of amides is 1. The molecule has 7 heteroatoms. The zero-order valence-electron chi connectivity index (χ0n) is 16.7. The molecule has 2 aliphatic rings. The van der Waals surface area contributed by atoms with Crippen LogP contribution in [0.1, 0.15) is 40.5 Å². The Labute approximate surface area is 174 Å². The second kappa shape index (κ2) is 7.50. The Balaban J connectivity index is 1.62. The van der Waals surface area contributed by atoms with Crippen LogP contribution in [0, 0.1) is 0 Å². The van der Waals surface area contributed by atoms with Gasteiger partial charge in [0.25, 0.3) is 5.91 Å². The number of aromatic amines is 1. The second-order valence-electron chi connectivity index (χ2n) is 7.65. The monoisotopic (exact) mass is 405 g/mol. The first-order valence-electron chi connectivity index (χ1n) is 10.1. The van der Waals surface area contributed by atoms with Crippen LogP contribution in [-0.4, -0.2) is 52.5 Å². The number of H-pyrrole nitrogens is 1. The molecule has 2 aromatic carbocycles. The van der Waals surface area contributed by atoms with Gasteiger partial charge in [0.15, 0.2) is 0 Å². The van der Waals surface area contributed by atoms with Gasteiger partial charge in [0.2, 0.25) is 0 Å². The average molecular weight is 405 g/mol. The topological polar surface area (TPSA) is 87.7 Å². The van der Waals surface area contributed by atoms with E-state index in [1.54, 1.807) is 19.2 Å². The summed E-state index contributed by atoms with van der Waals surface area (Å²) in [6.07, 6.45) is 1.98. The van der Waals surface area contributed by atoms with E-state index < -0.39 is 0 Å². The standard InChI is InChI=1S/C23H23N3O4/c1-29-15-10-8-14(9-11-15)22-19-20(17-6-2-3-7-18(17)27)24-25-21(19)23(28)26(22)13-16-5-4-12-30-16/h2-3,6-11,16,22,27H,4-5,12-13H2,1H3,(H,24,25)/t16-,22-/m1/s1. The van der Waals surface area contributed by atoms with E-state index in [1.807, 2.05) is 41.3 Å². The minimum absolute atomic E-state index is 0.0280. The highest BCUT2D eigenvalue weighted by molar-refractivity contribution is 6.00. The smallest absolute Gasteiger partial charge is 0.273 e. The number of nitrogens with one attached hydrogen (secondary N) is 1. The normalized spacial score (nSPS) is 20.6. The molecule has 7 nitrogen and oxygen atoms in total. The summed E-state index contributed by atoms with van der Waals surface area (Å²) in [5.41, 5.74) is 3.39. The zero-order valence-corrected chi connectivity index (χ0v) is 16.7. The fourth-order valence-corrected chi connectivity index (χ4v) is 4.40. The summed E-state index contributed by atoms with van der Waals surface area (Å²) in [5, 5.41) is 17.7. The lowest BCUT2D eigenvalue weighted by Crippen LogP contribution is -2.36. The number of phenols is 1. The molecule has 2 N–H and O–H groups in total. The lowest BCUT2D eigenvalue weighted by Gasteiger charge is -2.28. The quantitative estimate of drug-likeness (QED) is 0.678. The Kier molecular flexibility index (Phi) is 4.67. The number of aromatic nitrogens is 2. The summed E-state index contributed by atoms with van der Waals surface area (Å²) in [7, 11) is 1.63. The first-order valence-corrected chi connectivity index (χ1v) is 10.1. The van der Waals surface area contributed by atoms with Gasteiger partial charge in [-0.1, -0.05) is 24.3 Å². The molecule has 1 fully saturated rings. The fraction of sp³-hybridized carbons (Fsp3) is 0.304. The van der Waals surface area contributed by atoms with Gasteiger partial charge in [-0.05, 0) is 42.7 Å². The highest BCUT2D eigenvalue weighted by atomic mass is 16.5. The molecule has 0 spiro atoms. The van der Waals surface area contributed by atoms with Crippen LogP contribution in [0.5, 0.6) is 11.5 Å². The van der Waals surface area contributed by atoms with Crippen molar-refractivity contribution in [3.63, 3.8) is 0 Å². The Morgan fingerprint density at radius 3 is 2.73 bits per heavy atom. The fourth-order valence-electron chi connectivity index (χ4n) is 4.40. The third-order valence-electron chi connectivity index (χ3n) is 5.88. The number of hydrogen-bond donors (Lipinski definition) is 2. The van der Waals surface area contributed by atoms with Gasteiger partial charge in [-0.15, -0.1) is 0 Å². The largest absolute Gasteiger partial charge is 0.507 e. The van der Waals surface area contributed by atoms with Crippen LogP contribution in [-0.2, 0) is 4.74 Å². The van der Waals surface area contributed by atoms with Crippen LogP contribution < -0.4 is 4.74 Å². The van der Waals surface area contributed by atoms with Crippen molar-refractivity contribution in [3.8, 4) is 22.8 Å². The van der Waals surface area contributed by atoms with E-state index >= 15 is 0 Å². The molecule has 3 aromatic rings. The Hall–Kier alpha value is -3.32. The number of benzene rings is 2. The molecule has 30 heavy (non-hydrogen) atoms. The maximum absolute atomic E-state index is 13.3. The van der Waals surface area contributed by atoms with E-state index in [1.165, 1.54) is 0 Å². The number of carbonyl (C=O) groups excluding carboxylic acids is 1. The van der Waals surface area contributed by atoms with E-state index in [9.17, 15) is 9.90 Å². The molecule has 2 aliphatic heterocycles. The van der Waals surface area contributed by atoms with E-state index in [2.05, 4.69) is 10.2 Å². The SMILES string of the molecule is COc1ccc([C@@H]2c3c(-c4ccccc4O)n[nH]c3C(=O)N2C[C@H]2CCCO2)cc1. The van der Waals surface area contributed by atoms with Crippen molar-refractivity contribution >= 4 is 5.91 Å². The van der Waals surface area contributed by atoms with Gasteiger partial charge >= 0.3 is 0 Å². The van der Waals surface area contributed by atoms with E-state index in [-0.39, 0.29) is 23.8 Å². The molecule has 0 bridgehead atoms. The van der Waals surface area contributed by atoms with Crippen LogP contribution in [0.25, 0.3) is 11.3 Å². The number of phenolic OH excluding ortho intramolecular Hbond substituents is 1. The van der Waals surface area contributed by atoms with Crippen molar-refractivity contribution < 1.29 is 19.4 Å². The summed E-state index contributed by atoms with van der Waals surface area (Å²) in [6, 6.07) is 14.4. The summed E-state index contributed by atoms with van der Waals surface area (Å²) in [5.74, 6) is 0.780. The van der Waals surface area contributed by atoms with Crippen LogP contribution in [0.3, 0.4) is 0 Å². The lowest BCUT2D eigenvalue weighted by atomic mass is 9.95. The number of methoxy groups -OCH3 is 1. The molecular weight excluding hydrogens is 382 g/mol. The molecular formula is C23H23N3O4. The molecule has 3 heterocycles. The van der Waals surface area contributed by atoms with Crippen molar-refractivity contribution in [2.45, 2.75) is 25.0 Å². The van der Waals surface area contributed by atoms with Crippen molar-refractivity contribution in [2.75, 3.05) is 20.3 Å². The maximum Gasteiger partial charge on any atom is 0.273 e. The molecule has 5 rings (SSSR count). The van der Waals surface area contributed by atoms with Gasteiger partial charge in [0.1, 0.15) is 22.9 Å². The summed E-state index contributed by atoms with van der Waals surface area (Å²) in [6.45, 7) is 1.24. The minimum atomic E-state index is -0.323. The van der Waals surface area contributed by atoms with Crippen LogP contribution in [0.15, 0.2) is 48.5 Å². The third kappa shape index (κ3) is 3.02. The van der Waals surface area contributed by atoms with Gasteiger partial charge in [-0.3, -0.25) is 9.89 Å². The Morgan fingerprint density at radius 2 is 2.03 bits per heavy atom. The molecule has 0 aliphatic carbocycles. The Morgan fingerprint density at radius 1 is 1.23 bits per heavy atom. The van der Waals surface area contributed by atoms with Crippen LogP contribution >= 0.6 is 0 Å². The van der Waals surface area contributed by atoms with Gasteiger partial charge in [0.05, 0.1) is 19.3 Å². The molecule has 154 valence electrons. The predicted molar refractivity (Wildman–Crippen MR) is 111 cm³/mol. The molecule has 1 saturated heterocycles. The predicted octanol–water partition coefficient (Wildman–Crippen LogP) is 3.52. The molecule has 0 unspecified atom stereocenters.